The highest BCUT2D eigenvalue weighted by atomic mass is 16.5. The van der Waals surface area contributed by atoms with Gasteiger partial charge in [-0.05, 0) is 71.3 Å². The molecule has 1 N–H and O–H groups in total. The standard InChI is InChI=1S/C36H45N3O3/c1-5-38-27(4)35(30-19-13-14-20-32(30)38)36(26-34(40)42-24-16-9-8-15-23-37-36)31-22-21-29(25-33(31)41-7-3)39(6-2)28-17-11-10-12-18-28/h10-14,17-22,25,37H,5-9,15-16,23-24,26H2,1-4H3. The van der Waals surface area contributed by atoms with E-state index >= 15 is 0 Å². The van der Waals surface area contributed by atoms with Crippen LogP contribution in [0.3, 0.4) is 0 Å². The van der Waals surface area contributed by atoms with Crippen molar-refractivity contribution in [3.63, 3.8) is 0 Å². The Balaban J connectivity index is 1.77. The van der Waals surface area contributed by atoms with Gasteiger partial charge in [0.1, 0.15) is 5.75 Å². The van der Waals surface area contributed by atoms with E-state index in [1.54, 1.807) is 0 Å². The van der Waals surface area contributed by atoms with Crippen LogP contribution in [0, 0.1) is 6.92 Å². The monoisotopic (exact) mass is 567 g/mol. The third-order valence-corrected chi connectivity index (χ3v) is 8.56. The van der Waals surface area contributed by atoms with Crippen molar-refractivity contribution in [2.75, 3.05) is 31.2 Å². The van der Waals surface area contributed by atoms with Crippen LogP contribution in [-0.4, -0.2) is 36.8 Å². The fourth-order valence-electron chi connectivity index (χ4n) is 6.71. The highest BCUT2D eigenvalue weighted by Crippen LogP contribution is 2.46. The molecule has 0 saturated carbocycles. The number of rotatable bonds is 8. The van der Waals surface area contributed by atoms with Crippen LogP contribution >= 0.6 is 0 Å². The van der Waals surface area contributed by atoms with Crippen LogP contribution in [0.1, 0.15) is 69.7 Å². The molecular formula is C36H45N3O3. The molecule has 0 radical (unpaired) electrons. The Morgan fingerprint density at radius 2 is 1.69 bits per heavy atom. The van der Waals surface area contributed by atoms with Gasteiger partial charge in [-0.25, -0.2) is 0 Å². The number of aryl methyl sites for hydroxylation is 1. The van der Waals surface area contributed by atoms with E-state index in [9.17, 15) is 4.79 Å². The molecule has 0 aliphatic carbocycles. The molecule has 6 nitrogen and oxygen atoms in total. The molecule has 0 bridgehead atoms. The number of carbonyl (C=O) groups is 1. The largest absolute Gasteiger partial charge is 0.493 e. The Labute approximate surface area is 250 Å². The third-order valence-electron chi connectivity index (χ3n) is 8.56. The Morgan fingerprint density at radius 1 is 0.929 bits per heavy atom. The number of aromatic nitrogens is 1. The van der Waals surface area contributed by atoms with Crippen LogP contribution in [0.5, 0.6) is 5.75 Å². The average Bonchev–Trinajstić information content (AvgIpc) is 3.28. The maximum atomic E-state index is 13.7. The summed E-state index contributed by atoms with van der Waals surface area (Å²) in [5.41, 5.74) is 5.77. The third kappa shape index (κ3) is 5.78. The molecule has 0 spiro atoms. The Bertz CT molecular complexity index is 1500. The molecule has 1 unspecified atom stereocenters. The van der Waals surface area contributed by atoms with Crippen LogP contribution in [0.15, 0.2) is 72.8 Å². The molecule has 1 aromatic heterocycles. The number of fused-ring (bicyclic) bond motifs is 1. The molecule has 3 aromatic carbocycles. The van der Waals surface area contributed by atoms with Crippen molar-refractivity contribution < 1.29 is 14.3 Å². The van der Waals surface area contributed by atoms with Crippen LogP contribution in [-0.2, 0) is 21.6 Å². The van der Waals surface area contributed by atoms with Gasteiger partial charge < -0.3 is 24.3 Å². The zero-order valence-electron chi connectivity index (χ0n) is 25.6. The molecule has 6 heteroatoms. The summed E-state index contributed by atoms with van der Waals surface area (Å²) >= 11 is 0. The SMILES string of the molecule is CCOc1cc(N(CC)c2ccccc2)ccc1C1(c2c(C)n(CC)c3ccccc23)CC(=O)OCCCCCCN1. The van der Waals surface area contributed by atoms with Crippen molar-refractivity contribution in [2.24, 2.45) is 0 Å². The lowest BCUT2D eigenvalue weighted by molar-refractivity contribution is -0.145. The molecule has 42 heavy (non-hydrogen) atoms. The van der Waals surface area contributed by atoms with E-state index in [1.165, 1.54) is 5.52 Å². The van der Waals surface area contributed by atoms with E-state index in [4.69, 9.17) is 9.47 Å². The highest BCUT2D eigenvalue weighted by Gasteiger charge is 2.43. The normalized spacial score (nSPS) is 18.3. The van der Waals surface area contributed by atoms with Gasteiger partial charge in [-0.2, -0.15) is 0 Å². The molecular weight excluding hydrogens is 522 g/mol. The maximum Gasteiger partial charge on any atom is 0.308 e. The molecule has 222 valence electrons. The number of ether oxygens (including phenoxy) is 2. The quantitative estimate of drug-likeness (QED) is 0.220. The minimum Gasteiger partial charge on any atom is -0.493 e. The minimum atomic E-state index is -0.835. The second kappa shape index (κ2) is 13.5. The van der Waals surface area contributed by atoms with Crippen LogP contribution in [0.25, 0.3) is 10.9 Å². The number of cyclic esters (lactones) is 1. The predicted molar refractivity (Wildman–Crippen MR) is 172 cm³/mol. The van der Waals surface area contributed by atoms with Gasteiger partial charge in [0.05, 0.1) is 25.2 Å². The number of benzene rings is 3. The Kier molecular flexibility index (Phi) is 9.53. The number of nitrogens with one attached hydrogen (secondary N) is 1. The van der Waals surface area contributed by atoms with Crippen molar-refractivity contribution in [1.82, 2.24) is 9.88 Å². The van der Waals surface area contributed by atoms with Crippen LogP contribution in [0.4, 0.5) is 11.4 Å². The lowest BCUT2D eigenvalue weighted by Crippen LogP contribution is -2.46. The zero-order valence-corrected chi connectivity index (χ0v) is 25.6. The van der Waals surface area contributed by atoms with Gasteiger partial charge in [0.15, 0.2) is 0 Å². The van der Waals surface area contributed by atoms with Gasteiger partial charge in [0.2, 0.25) is 0 Å². The van der Waals surface area contributed by atoms with Crippen LogP contribution < -0.4 is 15.0 Å². The molecule has 1 aliphatic rings. The van der Waals surface area contributed by atoms with Crippen LogP contribution in [0.2, 0.25) is 0 Å². The summed E-state index contributed by atoms with van der Waals surface area (Å²) in [5.74, 6) is 0.593. The van der Waals surface area contributed by atoms with Crippen molar-refractivity contribution in [3.05, 3.63) is 89.6 Å². The van der Waals surface area contributed by atoms with Gasteiger partial charge in [-0.15, -0.1) is 0 Å². The number of carbonyl (C=O) groups excluding carboxylic acids is 1. The van der Waals surface area contributed by atoms with Gasteiger partial charge in [-0.3, -0.25) is 4.79 Å². The van der Waals surface area contributed by atoms with Gasteiger partial charge in [0.25, 0.3) is 0 Å². The maximum absolute atomic E-state index is 13.7. The molecule has 4 aromatic rings. The van der Waals surface area contributed by atoms with Crippen molar-refractivity contribution in [2.45, 2.75) is 71.9 Å². The summed E-state index contributed by atoms with van der Waals surface area (Å²) in [5, 5.41) is 5.10. The zero-order chi connectivity index (χ0) is 29.5. The van der Waals surface area contributed by atoms with Gasteiger partial charge >= 0.3 is 5.97 Å². The first-order chi connectivity index (χ1) is 20.5. The number of hydrogen-bond donors (Lipinski definition) is 1. The van der Waals surface area contributed by atoms with E-state index < -0.39 is 5.54 Å². The number of nitrogens with zero attached hydrogens (tertiary/aromatic N) is 2. The second-order valence-corrected chi connectivity index (χ2v) is 11.1. The van der Waals surface area contributed by atoms with E-state index in [-0.39, 0.29) is 12.4 Å². The average molecular weight is 568 g/mol. The molecule has 1 atom stereocenters. The summed E-state index contributed by atoms with van der Waals surface area (Å²) in [7, 11) is 0. The first-order valence-corrected chi connectivity index (χ1v) is 15.6. The van der Waals surface area contributed by atoms with E-state index in [2.05, 4.69) is 102 Å². The first-order valence-electron chi connectivity index (χ1n) is 15.6. The number of hydrogen-bond acceptors (Lipinski definition) is 5. The molecule has 1 aliphatic heterocycles. The van der Waals surface area contributed by atoms with Gasteiger partial charge in [-0.1, -0.05) is 55.3 Å². The summed E-state index contributed by atoms with van der Waals surface area (Å²) in [6.45, 7) is 12.0. The summed E-state index contributed by atoms with van der Waals surface area (Å²) < 4.78 is 14.7. The number of esters is 1. The topological polar surface area (TPSA) is 55.7 Å². The Morgan fingerprint density at radius 3 is 2.45 bits per heavy atom. The fraction of sp³-hybridized carbons (Fsp3) is 0.417. The van der Waals surface area contributed by atoms with E-state index in [0.717, 1.165) is 84.6 Å². The highest BCUT2D eigenvalue weighted by molar-refractivity contribution is 5.89. The smallest absolute Gasteiger partial charge is 0.308 e. The van der Waals surface area contributed by atoms with E-state index in [1.807, 2.05) is 13.0 Å². The molecule has 1 fully saturated rings. The lowest BCUT2D eigenvalue weighted by atomic mass is 9.77. The minimum absolute atomic E-state index is 0.182. The summed E-state index contributed by atoms with van der Waals surface area (Å²) in [6, 6.07) is 25.5. The van der Waals surface area contributed by atoms with Gasteiger partial charge in [0, 0.05) is 58.3 Å². The number of para-hydroxylation sites is 2. The summed E-state index contributed by atoms with van der Waals surface area (Å²) in [6.07, 6.45) is 4.26. The fourth-order valence-corrected chi connectivity index (χ4v) is 6.71. The molecule has 0 amide bonds. The molecule has 5 rings (SSSR count). The second-order valence-electron chi connectivity index (χ2n) is 11.1. The first kappa shape index (κ1) is 29.7. The molecule has 2 heterocycles. The molecule has 1 saturated heterocycles. The van der Waals surface area contributed by atoms with Crippen molar-refractivity contribution in [1.29, 1.82) is 0 Å². The lowest BCUT2D eigenvalue weighted by Gasteiger charge is -2.37. The predicted octanol–water partition coefficient (Wildman–Crippen LogP) is 7.87. The Hall–Kier alpha value is -3.77. The van der Waals surface area contributed by atoms with Crippen molar-refractivity contribution >= 4 is 28.2 Å². The number of anilines is 2. The summed E-state index contributed by atoms with van der Waals surface area (Å²) in [4.78, 5) is 15.9. The van der Waals surface area contributed by atoms with E-state index in [0.29, 0.717) is 13.2 Å². The van der Waals surface area contributed by atoms with Crippen molar-refractivity contribution in [3.8, 4) is 5.75 Å².